The number of anilines is 2. The molecular formula is C20H23N3O2. The van der Waals surface area contributed by atoms with E-state index in [0.717, 1.165) is 17.8 Å². The minimum Gasteiger partial charge on any atom is -0.317 e. The van der Waals surface area contributed by atoms with Crippen LogP contribution in [0.5, 0.6) is 0 Å². The molecule has 0 radical (unpaired) electrons. The summed E-state index contributed by atoms with van der Waals surface area (Å²) in [6.07, 6.45) is 0. The highest BCUT2D eigenvalue weighted by molar-refractivity contribution is 5.94. The van der Waals surface area contributed by atoms with Gasteiger partial charge in [-0.25, -0.2) is 4.79 Å². The molecule has 0 aliphatic carbocycles. The van der Waals surface area contributed by atoms with Gasteiger partial charge in [0.15, 0.2) is 0 Å². The number of hydrogen-bond donors (Lipinski definition) is 1. The van der Waals surface area contributed by atoms with E-state index < -0.39 is 0 Å². The summed E-state index contributed by atoms with van der Waals surface area (Å²) in [6, 6.07) is 17.4. The van der Waals surface area contributed by atoms with Gasteiger partial charge in [-0.15, -0.1) is 0 Å². The second kappa shape index (κ2) is 6.97. The first-order valence-electron chi connectivity index (χ1n) is 8.44. The lowest BCUT2D eigenvalue weighted by Crippen LogP contribution is -2.53. The summed E-state index contributed by atoms with van der Waals surface area (Å²) in [4.78, 5) is 27.6. The van der Waals surface area contributed by atoms with Crippen molar-refractivity contribution in [1.82, 2.24) is 4.90 Å². The van der Waals surface area contributed by atoms with Gasteiger partial charge in [-0.2, -0.15) is 0 Å². The van der Waals surface area contributed by atoms with Crippen LogP contribution in [0.3, 0.4) is 0 Å². The fourth-order valence-electron chi connectivity index (χ4n) is 3.23. The molecule has 1 fully saturated rings. The smallest absolute Gasteiger partial charge is 0.317 e. The summed E-state index contributed by atoms with van der Waals surface area (Å²) < 4.78 is 0. The quantitative estimate of drug-likeness (QED) is 0.924. The van der Waals surface area contributed by atoms with Crippen LogP contribution in [0, 0.1) is 5.92 Å². The Hall–Kier alpha value is -2.82. The lowest BCUT2D eigenvalue weighted by atomic mass is 9.85. The van der Waals surface area contributed by atoms with Gasteiger partial charge in [-0.05, 0) is 29.7 Å². The van der Waals surface area contributed by atoms with Crippen molar-refractivity contribution in [2.24, 2.45) is 5.92 Å². The van der Waals surface area contributed by atoms with Gasteiger partial charge in [0.25, 0.3) is 0 Å². The van der Waals surface area contributed by atoms with Gasteiger partial charge in [0.1, 0.15) is 0 Å². The van der Waals surface area contributed by atoms with E-state index in [-0.39, 0.29) is 18.0 Å². The summed E-state index contributed by atoms with van der Waals surface area (Å²) >= 11 is 0. The highest BCUT2D eigenvalue weighted by Gasteiger charge is 2.39. The second-order valence-corrected chi connectivity index (χ2v) is 6.54. The minimum absolute atomic E-state index is 0.0517. The molecule has 5 nitrogen and oxygen atoms in total. The summed E-state index contributed by atoms with van der Waals surface area (Å²) in [7, 11) is 1.71. The minimum atomic E-state index is -0.116. The number of nitrogens with zero attached hydrogens (tertiary/aromatic N) is 2. The maximum atomic E-state index is 12.7. The molecule has 25 heavy (non-hydrogen) atoms. The average Bonchev–Trinajstić information content (AvgIpc) is 2.59. The first-order chi connectivity index (χ1) is 12.0. The molecule has 2 aromatic carbocycles. The van der Waals surface area contributed by atoms with Crippen molar-refractivity contribution in [2.75, 3.05) is 23.8 Å². The summed E-state index contributed by atoms with van der Waals surface area (Å²) in [5, 5.41) is 2.95. The molecule has 0 bridgehead atoms. The summed E-state index contributed by atoms with van der Waals surface area (Å²) in [5.74, 6) is 0.382. The third kappa shape index (κ3) is 3.50. The Labute approximate surface area is 148 Å². The van der Waals surface area contributed by atoms with Crippen LogP contribution in [0.2, 0.25) is 0 Å². The molecule has 5 heteroatoms. The van der Waals surface area contributed by atoms with Crippen molar-refractivity contribution >= 4 is 23.3 Å². The Bertz CT molecular complexity index is 776. The van der Waals surface area contributed by atoms with E-state index in [1.165, 1.54) is 6.92 Å². The average molecular weight is 337 g/mol. The van der Waals surface area contributed by atoms with Crippen LogP contribution >= 0.6 is 0 Å². The molecule has 3 amide bonds. The van der Waals surface area contributed by atoms with Crippen LogP contribution < -0.4 is 10.2 Å². The van der Waals surface area contributed by atoms with E-state index >= 15 is 0 Å². The highest BCUT2D eigenvalue weighted by Crippen LogP contribution is 2.38. The molecule has 0 aromatic heterocycles. The zero-order valence-corrected chi connectivity index (χ0v) is 14.8. The summed E-state index contributed by atoms with van der Waals surface area (Å²) in [5.41, 5.74) is 2.59. The third-order valence-electron chi connectivity index (χ3n) is 4.72. The van der Waals surface area contributed by atoms with E-state index in [2.05, 4.69) is 24.4 Å². The Morgan fingerprint density at radius 1 is 1.12 bits per heavy atom. The van der Waals surface area contributed by atoms with Crippen molar-refractivity contribution in [3.8, 4) is 0 Å². The van der Waals surface area contributed by atoms with Crippen molar-refractivity contribution < 1.29 is 9.59 Å². The molecule has 2 aromatic rings. The fourth-order valence-corrected chi connectivity index (χ4v) is 3.23. The molecular weight excluding hydrogens is 314 g/mol. The molecule has 1 aliphatic rings. The standard InChI is InChI=1S/C20H23N3O2/c1-14-13-23(19(14)16-8-5-4-6-9-16)20(25)21-17-10-7-11-18(12-17)22(3)15(2)24/h4-12,14,19H,13H2,1-3H3,(H,21,25)/t14-,19+/m1/s1. The van der Waals surface area contributed by atoms with E-state index in [4.69, 9.17) is 0 Å². The van der Waals surface area contributed by atoms with Crippen molar-refractivity contribution in [2.45, 2.75) is 19.9 Å². The molecule has 0 spiro atoms. The first kappa shape index (κ1) is 17.0. The van der Waals surface area contributed by atoms with Crippen LogP contribution in [-0.4, -0.2) is 30.4 Å². The van der Waals surface area contributed by atoms with Crippen LogP contribution in [0.1, 0.15) is 25.5 Å². The fraction of sp³-hybridized carbons (Fsp3) is 0.300. The number of nitrogens with one attached hydrogen (secondary N) is 1. The highest BCUT2D eigenvalue weighted by atomic mass is 16.2. The molecule has 3 rings (SSSR count). The predicted molar refractivity (Wildman–Crippen MR) is 99.6 cm³/mol. The van der Waals surface area contributed by atoms with E-state index in [1.54, 1.807) is 18.0 Å². The lowest BCUT2D eigenvalue weighted by molar-refractivity contribution is -0.116. The zero-order valence-electron chi connectivity index (χ0n) is 14.8. The Morgan fingerprint density at radius 2 is 1.84 bits per heavy atom. The number of carbonyl (C=O) groups excluding carboxylic acids is 2. The third-order valence-corrected chi connectivity index (χ3v) is 4.72. The van der Waals surface area contributed by atoms with Crippen LogP contribution in [-0.2, 0) is 4.79 Å². The zero-order chi connectivity index (χ0) is 18.0. The topological polar surface area (TPSA) is 52.7 Å². The van der Waals surface area contributed by atoms with Gasteiger partial charge in [0.2, 0.25) is 5.91 Å². The summed E-state index contributed by atoms with van der Waals surface area (Å²) in [6.45, 7) is 4.40. The number of rotatable bonds is 3. The number of amides is 3. The molecule has 0 saturated carbocycles. The molecule has 0 unspecified atom stereocenters. The van der Waals surface area contributed by atoms with Crippen molar-refractivity contribution in [3.05, 3.63) is 60.2 Å². The Morgan fingerprint density at radius 3 is 2.48 bits per heavy atom. The van der Waals surface area contributed by atoms with Gasteiger partial charge in [0.05, 0.1) is 6.04 Å². The lowest BCUT2D eigenvalue weighted by Gasteiger charge is -2.46. The predicted octanol–water partition coefficient (Wildman–Crippen LogP) is 3.89. The van der Waals surface area contributed by atoms with Gasteiger partial charge in [0, 0.05) is 31.9 Å². The molecule has 1 aliphatic heterocycles. The number of likely N-dealkylation sites (tertiary alicyclic amines) is 1. The van der Waals surface area contributed by atoms with Crippen molar-refractivity contribution in [1.29, 1.82) is 0 Å². The van der Waals surface area contributed by atoms with Gasteiger partial charge >= 0.3 is 6.03 Å². The van der Waals surface area contributed by atoms with Crippen LogP contribution in [0.15, 0.2) is 54.6 Å². The Kier molecular flexibility index (Phi) is 4.74. The van der Waals surface area contributed by atoms with Crippen molar-refractivity contribution in [3.63, 3.8) is 0 Å². The van der Waals surface area contributed by atoms with Gasteiger partial charge in [-0.3, -0.25) is 4.79 Å². The monoisotopic (exact) mass is 337 g/mol. The van der Waals surface area contributed by atoms with E-state index in [0.29, 0.717) is 11.6 Å². The number of hydrogen-bond acceptors (Lipinski definition) is 2. The first-order valence-corrected chi connectivity index (χ1v) is 8.44. The second-order valence-electron chi connectivity index (χ2n) is 6.54. The van der Waals surface area contributed by atoms with E-state index in [1.807, 2.05) is 41.3 Å². The van der Waals surface area contributed by atoms with Gasteiger partial charge < -0.3 is 15.1 Å². The normalized spacial score (nSPS) is 19.1. The number of carbonyl (C=O) groups is 2. The molecule has 1 N–H and O–H groups in total. The molecule has 2 atom stereocenters. The molecule has 1 heterocycles. The Balaban J connectivity index is 1.72. The molecule has 1 saturated heterocycles. The van der Waals surface area contributed by atoms with Crippen LogP contribution in [0.4, 0.5) is 16.2 Å². The SMILES string of the molecule is CC(=O)N(C)c1cccc(NC(=O)N2C[C@@H](C)[C@H]2c2ccccc2)c1. The van der Waals surface area contributed by atoms with Gasteiger partial charge in [-0.1, -0.05) is 43.3 Å². The van der Waals surface area contributed by atoms with E-state index in [9.17, 15) is 9.59 Å². The number of urea groups is 1. The maximum Gasteiger partial charge on any atom is 0.322 e. The molecule has 130 valence electrons. The largest absolute Gasteiger partial charge is 0.322 e. The van der Waals surface area contributed by atoms with Crippen LogP contribution in [0.25, 0.3) is 0 Å². The maximum absolute atomic E-state index is 12.7. The number of benzene rings is 2.